The van der Waals surface area contributed by atoms with E-state index in [4.69, 9.17) is 11.6 Å². The number of halogens is 1. The molecule has 1 N–H and O–H groups in total. The Hall–Kier alpha value is -1.75. The fraction of sp³-hybridized carbons (Fsp3) is 0.385. The Bertz CT molecular complexity index is 493. The van der Waals surface area contributed by atoms with Crippen molar-refractivity contribution < 1.29 is 14.3 Å². The van der Waals surface area contributed by atoms with E-state index in [9.17, 15) is 9.59 Å². The third-order valence-electron chi connectivity index (χ3n) is 3.13. The lowest BCUT2D eigenvalue weighted by Crippen LogP contribution is -2.34. The molecule has 1 aromatic carbocycles. The fourth-order valence-electron chi connectivity index (χ4n) is 2.06. The molecule has 19 heavy (non-hydrogen) atoms. The van der Waals surface area contributed by atoms with Gasteiger partial charge in [-0.05, 0) is 18.6 Å². The number of hydrogen-bond donors (Lipinski definition) is 1. The van der Waals surface area contributed by atoms with Crippen molar-refractivity contribution in [2.45, 2.75) is 6.42 Å². The van der Waals surface area contributed by atoms with Crippen molar-refractivity contribution in [3.8, 4) is 0 Å². The maximum absolute atomic E-state index is 12.0. The van der Waals surface area contributed by atoms with Crippen LogP contribution in [0.2, 0.25) is 5.02 Å². The van der Waals surface area contributed by atoms with Crippen LogP contribution in [0.5, 0.6) is 0 Å². The number of nitrogens with one attached hydrogen (secondary N) is 1. The van der Waals surface area contributed by atoms with Crippen LogP contribution >= 0.6 is 11.6 Å². The number of likely N-dealkylation sites (tertiary alicyclic amines) is 1. The van der Waals surface area contributed by atoms with Crippen molar-refractivity contribution in [1.29, 1.82) is 0 Å². The van der Waals surface area contributed by atoms with Gasteiger partial charge in [0.25, 0.3) is 0 Å². The highest BCUT2D eigenvalue weighted by atomic mass is 35.5. The predicted octanol–water partition coefficient (Wildman–Crippen LogP) is 2.37. The quantitative estimate of drug-likeness (QED) is 0.847. The number of benzene rings is 1. The van der Waals surface area contributed by atoms with Gasteiger partial charge in [-0.15, -0.1) is 0 Å². The zero-order valence-corrected chi connectivity index (χ0v) is 11.3. The van der Waals surface area contributed by atoms with Crippen LogP contribution in [0.15, 0.2) is 24.3 Å². The molecule has 2 rings (SSSR count). The molecule has 1 unspecified atom stereocenters. The van der Waals surface area contributed by atoms with Gasteiger partial charge in [0, 0.05) is 13.1 Å². The van der Waals surface area contributed by atoms with Gasteiger partial charge < -0.3 is 15.0 Å². The van der Waals surface area contributed by atoms with Crippen LogP contribution < -0.4 is 5.32 Å². The largest absolute Gasteiger partial charge is 0.469 e. The van der Waals surface area contributed by atoms with Crippen molar-refractivity contribution in [2.75, 3.05) is 25.5 Å². The van der Waals surface area contributed by atoms with Crippen LogP contribution in [0.4, 0.5) is 10.5 Å². The molecule has 1 aliphatic rings. The van der Waals surface area contributed by atoms with Crippen molar-refractivity contribution in [3.63, 3.8) is 0 Å². The Morgan fingerprint density at radius 2 is 2.16 bits per heavy atom. The lowest BCUT2D eigenvalue weighted by atomic mass is 10.1. The van der Waals surface area contributed by atoms with Crippen LogP contribution in [-0.2, 0) is 9.53 Å². The molecule has 1 aliphatic heterocycles. The SMILES string of the molecule is COC(=O)C1CCN(C(=O)Nc2ccccc2Cl)C1. The normalized spacial score (nSPS) is 18.2. The number of esters is 1. The van der Waals surface area contributed by atoms with Crippen LogP contribution in [0.3, 0.4) is 0 Å². The van der Waals surface area contributed by atoms with E-state index in [1.165, 1.54) is 7.11 Å². The molecule has 5 nitrogen and oxygen atoms in total. The Morgan fingerprint density at radius 1 is 1.42 bits per heavy atom. The zero-order chi connectivity index (χ0) is 13.8. The van der Waals surface area contributed by atoms with Crippen molar-refractivity contribution >= 4 is 29.3 Å². The number of carbonyl (C=O) groups is 2. The number of nitrogens with zero attached hydrogens (tertiary/aromatic N) is 1. The number of carbonyl (C=O) groups excluding carboxylic acids is 2. The number of rotatable bonds is 2. The Morgan fingerprint density at radius 3 is 2.84 bits per heavy atom. The van der Waals surface area contributed by atoms with Crippen LogP contribution in [0.1, 0.15) is 6.42 Å². The molecule has 1 aromatic rings. The fourth-order valence-corrected chi connectivity index (χ4v) is 2.24. The number of urea groups is 1. The molecule has 6 heteroatoms. The molecule has 1 fully saturated rings. The highest BCUT2D eigenvalue weighted by molar-refractivity contribution is 6.33. The summed E-state index contributed by atoms with van der Waals surface area (Å²) >= 11 is 5.97. The van der Waals surface area contributed by atoms with Gasteiger partial charge in [-0.25, -0.2) is 4.79 Å². The Kier molecular flexibility index (Phi) is 4.27. The molecule has 102 valence electrons. The Labute approximate surface area is 116 Å². The minimum Gasteiger partial charge on any atom is -0.469 e. The number of amides is 2. The van der Waals surface area contributed by atoms with E-state index in [-0.39, 0.29) is 17.9 Å². The summed E-state index contributed by atoms with van der Waals surface area (Å²) in [6.07, 6.45) is 0.628. The van der Waals surface area contributed by atoms with Gasteiger partial charge in [0.15, 0.2) is 0 Å². The molecule has 1 atom stereocenters. The first kappa shape index (κ1) is 13.7. The van der Waals surface area contributed by atoms with E-state index >= 15 is 0 Å². The molecule has 1 saturated heterocycles. The first-order valence-electron chi connectivity index (χ1n) is 6.00. The standard InChI is InChI=1S/C13H15ClN2O3/c1-19-12(17)9-6-7-16(8-9)13(18)15-11-5-3-2-4-10(11)14/h2-5,9H,6-8H2,1H3,(H,15,18). The third kappa shape index (κ3) is 3.17. The van der Waals surface area contributed by atoms with Gasteiger partial charge in [-0.2, -0.15) is 0 Å². The number of ether oxygens (including phenoxy) is 1. The van der Waals surface area contributed by atoms with E-state index < -0.39 is 0 Å². The minimum atomic E-state index is -0.270. The van der Waals surface area contributed by atoms with Crippen molar-refractivity contribution in [3.05, 3.63) is 29.3 Å². The average molecular weight is 283 g/mol. The second kappa shape index (κ2) is 5.93. The maximum Gasteiger partial charge on any atom is 0.321 e. The van der Waals surface area contributed by atoms with Gasteiger partial charge in [-0.3, -0.25) is 4.79 Å². The lowest BCUT2D eigenvalue weighted by molar-refractivity contribution is -0.144. The van der Waals surface area contributed by atoms with E-state index in [0.717, 1.165) is 0 Å². The smallest absolute Gasteiger partial charge is 0.321 e. The van der Waals surface area contributed by atoms with E-state index in [0.29, 0.717) is 30.2 Å². The summed E-state index contributed by atoms with van der Waals surface area (Å²) in [5, 5.41) is 3.22. The maximum atomic E-state index is 12.0. The zero-order valence-electron chi connectivity index (χ0n) is 10.6. The molecule has 0 radical (unpaired) electrons. The highest BCUT2D eigenvalue weighted by Gasteiger charge is 2.31. The molecule has 0 spiro atoms. The van der Waals surface area contributed by atoms with Crippen LogP contribution in [0.25, 0.3) is 0 Å². The van der Waals surface area contributed by atoms with Crippen molar-refractivity contribution in [1.82, 2.24) is 4.90 Å². The first-order valence-corrected chi connectivity index (χ1v) is 6.38. The Balaban J connectivity index is 1.95. The van der Waals surface area contributed by atoms with Crippen LogP contribution in [-0.4, -0.2) is 37.1 Å². The number of anilines is 1. The third-order valence-corrected chi connectivity index (χ3v) is 3.46. The predicted molar refractivity (Wildman–Crippen MR) is 72.2 cm³/mol. The summed E-state index contributed by atoms with van der Waals surface area (Å²) < 4.78 is 4.68. The van der Waals surface area contributed by atoms with Crippen molar-refractivity contribution in [2.24, 2.45) is 5.92 Å². The molecule has 1 heterocycles. The first-order chi connectivity index (χ1) is 9.11. The lowest BCUT2D eigenvalue weighted by Gasteiger charge is -2.17. The average Bonchev–Trinajstić information content (AvgIpc) is 2.90. The summed E-state index contributed by atoms with van der Waals surface area (Å²) in [5.74, 6) is -0.505. The topological polar surface area (TPSA) is 58.6 Å². The molecule has 0 aromatic heterocycles. The van der Waals surface area contributed by atoms with E-state index in [1.54, 1.807) is 29.2 Å². The minimum absolute atomic E-state index is 0.234. The summed E-state index contributed by atoms with van der Waals surface area (Å²) in [7, 11) is 1.36. The number of para-hydroxylation sites is 1. The number of methoxy groups -OCH3 is 1. The van der Waals surface area contributed by atoms with Gasteiger partial charge >= 0.3 is 12.0 Å². The van der Waals surface area contributed by atoms with Gasteiger partial charge in [0.05, 0.1) is 23.7 Å². The second-order valence-electron chi connectivity index (χ2n) is 4.36. The second-order valence-corrected chi connectivity index (χ2v) is 4.77. The summed E-state index contributed by atoms with van der Waals surface area (Å²) in [6.45, 7) is 0.916. The molecule has 0 saturated carbocycles. The van der Waals surface area contributed by atoms with Gasteiger partial charge in [0.2, 0.25) is 0 Å². The van der Waals surface area contributed by atoms with Gasteiger partial charge in [0.1, 0.15) is 0 Å². The molecule has 0 aliphatic carbocycles. The molecule has 2 amide bonds. The van der Waals surface area contributed by atoms with E-state index in [2.05, 4.69) is 10.1 Å². The molecule has 0 bridgehead atoms. The summed E-state index contributed by atoms with van der Waals surface area (Å²) in [6, 6.07) is 6.77. The molecular weight excluding hydrogens is 268 g/mol. The highest BCUT2D eigenvalue weighted by Crippen LogP contribution is 2.23. The summed E-state index contributed by atoms with van der Waals surface area (Å²) in [5.41, 5.74) is 0.565. The van der Waals surface area contributed by atoms with Gasteiger partial charge in [-0.1, -0.05) is 23.7 Å². The summed E-state index contributed by atoms with van der Waals surface area (Å²) in [4.78, 5) is 25.0. The monoisotopic (exact) mass is 282 g/mol. The van der Waals surface area contributed by atoms with Crippen LogP contribution in [0, 0.1) is 5.92 Å². The number of hydrogen-bond acceptors (Lipinski definition) is 3. The van der Waals surface area contributed by atoms with E-state index in [1.807, 2.05) is 0 Å². The molecular formula is C13H15ClN2O3.